The number of nitrogen functional groups attached to an aromatic ring is 1. The van der Waals surface area contributed by atoms with E-state index in [0.717, 1.165) is 5.69 Å². The molecule has 0 aliphatic heterocycles. The molecule has 2 N–H and O–H groups in total. The summed E-state index contributed by atoms with van der Waals surface area (Å²) in [4.78, 5) is 3.77. The van der Waals surface area contributed by atoms with Crippen molar-refractivity contribution in [2.75, 3.05) is 5.73 Å². The van der Waals surface area contributed by atoms with E-state index in [4.69, 9.17) is 5.73 Å². The zero-order valence-electron chi connectivity index (χ0n) is 7.72. The van der Waals surface area contributed by atoms with Gasteiger partial charge in [0.05, 0.1) is 0 Å². The minimum atomic E-state index is 0. The normalized spacial score (nSPS) is 3.33. The van der Waals surface area contributed by atoms with E-state index in [2.05, 4.69) is 4.98 Å². The topological polar surface area (TPSA) is 38.9 Å². The molecule has 0 aromatic carbocycles. The second-order valence-electron chi connectivity index (χ2n) is 1.28. The molecule has 0 radical (unpaired) electrons. The molecule has 0 amide bonds. The Morgan fingerprint density at radius 3 is 0.889 bits per heavy atom. The number of hydrogen-bond acceptors (Lipinski definition) is 2. The Bertz CT molecular complexity index is 153. The predicted octanol–water partition coefficient (Wildman–Crippen LogP) is 0.664. The average Bonchev–Trinajstić information content (AvgIpc) is 1.69. The first-order valence-corrected chi connectivity index (χ1v) is 2.05. The van der Waals surface area contributed by atoms with Gasteiger partial charge in [-0.2, -0.15) is 0 Å². The van der Waals surface area contributed by atoms with Gasteiger partial charge in [-0.05, 0) is 12.1 Å². The second-order valence-corrected chi connectivity index (χ2v) is 1.28. The van der Waals surface area contributed by atoms with Crippen LogP contribution in [-0.4, -0.2) is 4.98 Å². The summed E-state index contributed by atoms with van der Waals surface area (Å²) in [6, 6.07) is 3.50. The minimum Gasteiger partial charge on any atom is -0.399 e. The molecule has 0 saturated carbocycles. The molecule has 2 nitrogen and oxygen atoms in total. The van der Waals surface area contributed by atoms with Crippen molar-refractivity contribution in [3.05, 3.63) is 24.5 Å². The summed E-state index contributed by atoms with van der Waals surface area (Å²) in [5, 5.41) is 0. The zero-order valence-corrected chi connectivity index (χ0v) is 15.5. The number of hydrogen-bond donors (Lipinski definition) is 1. The maximum atomic E-state index is 5.32. The molecule has 1 heterocycles. The van der Waals surface area contributed by atoms with E-state index in [9.17, 15) is 0 Å². The van der Waals surface area contributed by atoms with E-state index in [0.29, 0.717) is 0 Å². The van der Waals surface area contributed by atoms with Gasteiger partial charge in [-0.15, -0.1) is 0 Å². The van der Waals surface area contributed by atoms with Crippen molar-refractivity contribution >= 4 is 5.69 Å². The fourth-order valence-electron chi connectivity index (χ4n) is 0.363. The van der Waals surface area contributed by atoms with Crippen LogP contribution in [0.2, 0.25) is 0 Å². The quantitative estimate of drug-likeness (QED) is 0.533. The number of nitrogens with zero attached hydrogens (tertiary/aromatic N) is 1. The van der Waals surface area contributed by atoms with Gasteiger partial charge in [-0.1, -0.05) is 0 Å². The molecular formula is C5H6Ar11N2. The van der Waals surface area contributed by atoms with E-state index in [1.54, 1.807) is 24.5 Å². The fourth-order valence-corrected chi connectivity index (χ4v) is 0.363. The van der Waals surface area contributed by atoms with Crippen LogP contribution in [0.3, 0.4) is 0 Å². The van der Waals surface area contributed by atoms with Gasteiger partial charge in [-0.3, -0.25) is 4.98 Å². The Kier molecular flexibility index (Phi) is 221. The van der Waals surface area contributed by atoms with Crippen LogP contribution in [0, 0.1) is 415 Å². The monoisotopic (exact) mass is 534 g/mol. The summed E-state index contributed by atoms with van der Waals surface area (Å²) in [6.45, 7) is 0. The molecule has 18 heavy (non-hydrogen) atoms. The Balaban J connectivity index is -0.00000000495. The van der Waals surface area contributed by atoms with Crippen LogP contribution >= 0.6 is 0 Å². The Morgan fingerprint density at radius 1 is 0.556 bits per heavy atom. The van der Waals surface area contributed by atoms with E-state index in [1.807, 2.05) is 0 Å². The molecule has 0 fully saturated rings. The summed E-state index contributed by atoms with van der Waals surface area (Å²) >= 11 is 0. The van der Waals surface area contributed by atoms with E-state index in [1.165, 1.54) is 0 Å². The SMILES string of the molecule is Nc1ccncc1.[Ar].[Ar].[Ar].[Ar].[Ar].[Ar].[Ar].[Ar].[Ar].[Ar].[Ar]. The molecule has 1 aromatic heterocycles. The number of rotatable bonds is 0. The van der Waals surface area contributed by atoms with Crippen LogP contribution in [0.4, 0.5) is 5.69 Å². The Labute approximate surface area is 439 Å². The Morgan fingerprint density at radius 2 is 0.778 bits per heavy atom. The summed E-state index contributed by atoms with van der Waals surface area (Å²) in [5.41, 5.74) is 6.08. The van der Waals surface area contributed by atoms with Crippen LogP contribution in [-0.2, 0) is 0 Å². The smallest absolute Gasteiger partial charge is 0.0344 e. The number of aromatic nitrogens is 1. The van der Waals surface area contributed by atoms with Crippen molar-refractivity contribution in [1.82, 2.24) is 4.98 Å². The van der Waals surface area contributed by atoms with Crippen LogP contribution < -0.4 is 5.73 Å². The van der Waals surface area contributed by atoms with E-state index >= 15 is 0 Å². The molecule has 0 bridgehead atoms. The summed E-state index contributed by atoms with van der Waals surface area (Å²) in [5.74, 6) is 0. The van der Waals surface area contributed by atoms with Gasteiger partial charge < -0.3 is 5.73 Å². The van der Waals surface area contributed by atoms with Gasteiger partial charge in [0.25, 0.3) is 0 Å². The number of pyridine rings is 1. The van der Waals surface area contributed by atoms with Crippen molar-refractivity contribution in [2.24, 2.45) is 0 Å². The Hall–Kier alpha value is 12.8. The van der Waals surface area contributed by atoms with Crippen LogP contribution in [0.15, 0.2) is 24.5 Å². The molecule has 0 atom stereocenters. The molecule has 13 heteroatoms. The molecular weight excluding hydrogens is 527 g/mol. The molecule has 1 rings (SSSR count). The van der Waals surface area contributed by atoms with E-state index < -0.39 is 0 Å². The molecule has 0 unspecified atom stereocenters. The first kappa shape index (κ1) is 69.8. The van der Waals surface area contributed by atoms with Gasteiger partial charge in [0.1, 0.15) is 0 Å². The maximum absolute atomic E-state index is 5.32. The largest absolute Gasteiger partial charge is 0.399 e. The van der Waals surface area contributed by atoms with Crippen LogP contribution in [0.1, 0.15) is 0 Å². The third-order valence-electron chi connectivity index (χ3n) is 0.706. The first-order chi connectivity index (χ1) is 3.39. The van der Waals surface area contributed by atoms with Gasteiger partial charge in [0, 0.05) is 433 Å². The maximum Gasteiger partial charge on any atom is 0.0344 e. The molecule has 0 saturated heterocycles. The molecule has 0 aliphatic carbocycles. The predicted molar refractivity (Wildman–Crippen MR) is 28.6 cm³/mol. The van der Waals surface area contributed by atoms with Gasteiger partial charge >= 0.3 is 0 Å². The van der Waals surface area contributed by atoms with Gasteiger partial charge in [0.2, 0.25) is 0 Å². The molecule has 1 aromatic rings. The van der Waals surface area contributed by atoms with Gasteiger partial charge in [0.15, 0.2) is 0 Å². The second kappa shape index (κ2) is 57.1. The van der Waals surface area contributed by atoms with Crippen molar-refractivity contribution in [3.8, 4) is 0 Å². The molecule has 124 valence electrons. The summed E-state index contributed by atoms with van der Waals surface area (Å²) in [7, 11) is 0. The number of anilines is 1. The molecule has 0 spiro atoms. The van der Waals surface area contributed by atoms with E-state index in [-0.39, 0.29) is 415 Å². The van der Waals surface area contributed by atoms with Crippen molar-refractivity contribution in [1.29, 1.82) is 0 Å². The number of nitrogens with two attached hydrogens (primary N) is 1. The summed E-state index contributed by atoms with van der Waals surface area (Å²) < 4.78 is 0. The van der Waals surface area contributed by atoms with Crippen LogP contribution in [0.25, 0.3) is 0 Å². The average molecular weight is 534 g/mol. The van der Waals surface area contributed by atoms with Crippen molar-refractivity contribution < 1.29 is 415 Å². The van der Waals surface area contributed by atoms with Crippen molar-refractivity contribution in [3.63, 3.8) is 0 Å². The standard InChI is InChI=1S/C5H6N2.11Ar/c6-5-1-3-7-4-2-5;;;;;;;;;;;/h1-4H,(H2,6,7);;;;;;;;;;;. The third-order valence-corrected chi connectivity index (χ3v) is 0.706. The minimum absolute atomic E-state index is 0. The zero-order chi connectivity index (χ0) is 5.11. The van der Waals surface area contributed by atoms with Crippen molar-refractivity contribution in [2.45, 2.75) is 0 Å². The fraction of sp³-hybridized carbons (Fsp3) is 0. The molecule has 0 aliphatic rings. The van der Waals surface area contributed by atoms with Gasteiger partial charge in [-0.25, -0.2) is 0 Å². The third kappa shape index (κ3) is 51.5. The van der Waals surface area contributed by atoms with Crippen LogP contribution in [0.5, 0.6) is 0 Å². The first-order valence-electron chi connectivity index (χ1n) is 2.05. The summed E-state index contributed by atoms with van der Waals surface area (Å²) in [6.07, 6.45) is 3.32.